The molecule has 8 heteroatoms. The van der Waals surface area contributed by atoms with E-state index in [-0.39, 0.29) is 29.5 Å². The first-order valence-corrected chi connectivity index (χ1v) is 9.37. The molecule has 0 atom stereocenters. The van der Waals surface area contributed by atoms with Gasteiger partial charge in [-0.15, -0.1) is 0 Å². The van der Waals surface area contributed by atoms with Crippen molar-refractivity contribution in [2.45, 2.75) is 18.7 Å². The molecule has 0 aliphatic rings. The van der Waals surface area contributed by atoms with Crippen LogP contribution in [0, 0.1) is 12.7 Å². The maximum atomic E-state index is 13.3. The number of rotatable bonds is 6. The first-order valence-electron chi connectivity index (χ1n) is 7.51. The van der Waals surface area contributed by atoms with Crippen LogP contribution in [0.4, 0.5) is 10.1 Å². The summed E-state index contributed by atoms with van der Waals surface area (Å²) in [5, 5.41) is 0.398. The van der Waals surface area contributed by atoms with Gasteiger partial charge in [0.1, 0.15) is 5.82 Å². The number of aryl methyl sites for hydroxylation is 1. The number of nitrogens with zero attached hydrogens (tertiary/aromatic N) is 1. The number of sulfonamides is 1. The monoisotopic (exact) mass is 384 g/mol. The summed E-state index contributed by atoms with van der Waals surface area (Å²) in [6, 6.07) is 10.4. The SMILES string of the molecule is CC(=O)N(CCNS(=O)(=O)c1ccc(F)c(C)c1)c1ccccc1Cl. The van der Waals surface area contributed by atoms with Crippen LogP contribution in [-0.4, -0.2) is 27.4 Å². The van der Waals surface area contributed by atoms with Crippen molar-refractivity contribution in [1.82, 2.24) is 4.72 Å². The van der Waals surface area contributed by atoms with Gasteiger partial charge in [0.15, 0.2) is 0 Å². The van der Waals surface area contributed by atoms with Gasteiger partial charge in [0.2, 0.25) is 15.9 Å². The summed E-state index contributed by atoms with van der Waals surface area (Å²) >= 11 is 6.09. The minimum Gasteiger partial charge on any atom is -0.310 e. The minimum atomic E-state index is -3.80. The topological polar surface area (TPSA) is 66.5 Å². The molecule has 0 aromatic heterocycles. The largest absolute Gasteiger partial charge is 0.310 e. The molecule has 2 aromatic rings. The molecule has 2 aromatic carbocycles. The Bertz CT molecular complexity index is 887. The Morgan fingerprint density at radius 2 is 1.92 bits per heavy atom. The summed E-state index contributed by atoms with van der Waals surface area (Å²) in [7, 11) is -3.80. The van der Waals surface area contributed by atoms with E-state index in [1.54, 1.807) is 24.3 Å². The number of hydrogen-bond donors (Lipinski definition) is 1. The third kappa shape index (κ3) is 4.78. The fraction of sp³-hybridized carbons (Fsp3) is 0.235. The van der Waals surface area contributed by atoms with Crippen molar-refractivity contribution >= 4 is 33.2 Å². The van der Waals surface area contributed by atoms with E-state index in [2.05, 4.69) is 4.72 Å². The van der Waals surface area contributed by atoms with Gasteiger partial charge in [0, 0.05) is 20.0 Å². The highest BCUT2D eigenvalue weighted by Gasteiger charge is 2.18. The minimum absolute atomic E-state index is 0.0104. The molecule has 0 saturated heterocycles. The van der Waals surface area contributed by atoms with Crippen LogP contribution in [0.5, 0.6) is 0 Å². The fourth-order valence-corrected chi connectivity index (χ4v) is 3.62. The molecular weight excluding hydrogens is 367 g/mol. The van der Waals surface area contributed by atoms with Crippen LogP contribution < -0.4 is 9.62 Å². The zero-order valence-corrected chi connectivity index (χ0v) is 15.4. The molecule has 0 unspecified atom stereocenters. The van der Waals surface area contributed by atoms with Gasteiger partial charge < -0.3 is 4.90 Å². The van der Waals surface area contributed by atoms with Crippen molar-refractivity contribution in [3.05, 3.63) is 58.9 Å². The van der Waals surface area contributed by atoms with Crippen LogP contribution in [0.2, 0.25) is 5.02 Å². The average Bonchev–Trinajstić information content (AvgIpc) is 2.54. The number of carbonyl (C=O) groups excluding carboxylic acids is 1. The lowest BCUT2D eigenvalue weighted by Gasteiger charge is -2.22. The molecule has 25 heavy (non-hydrogen) atoms. The molecule has 134 valence electrons. The van der Waals surface area contributed by atoms with Crippen molar-refractivity contribution in [1.29, 1.82) is 0 Å². The van der Waals surface area contributed by atoms with E-state index in [0.717, 1.165) is 6.07 Å². The smallest absolute Gasteiger partial charge is 0.240 e. The Balaban J connectivity index is 2.10. The summed E-state index contributed by atoms with van der Waals surface area (Å²) < 4.78 is 40.3. The Morgan fingerprint density at radius 1 is 1.24 bits per heavy atom. The highest BCUT2D eigenvalue weighted by atomic mass is 35.5. The summed E-state index contributed by atoms with van der Waals surface area (Å²) in [6.07, 6.45) is 0. The Morgan fingerprint density at radius 3 is 2.52 bits per heavy atom. The normalized spacial score (nSPS) is 11.4. The highest BCUT2D eigenvalue weighted by Crippen LogP contribution is 2.25. The van der Waals surface area contributed by atoms with Crippen LogP contribution in [0.3, 0.4) is 0 Å². The molecule has 0 aliphatic carbocycles. The predicted octanol–water partition coefficient (Wildman–Crippen LogP) is 3.12. The van der Waals surface area contributed by atoms with Crippen molar-refractivity contribution in [3.63, 3.8) is 0 Å². The van der Waals surface area contributed by atoms with Gasteiger partial charge in [-0.1, -0.05) is 23.7 Å². The molecule has 5 nitrogen and oxygen atoms in total. The third-order valence-corrected chi connectivity index (χ3v) is 5.37. The fourth-order valence-electron chi connectivity index (χ4n) is 2.28. The molecule has 1 N–H and O–H groups in total. The van der Waals surface area contributed by atoms with Gasteiger partial charge in [-0.2, -0.15) is 0 Å². The van der Waals surface area contributed by atoms with Crippen LogP contribution in [0.25, 0.3) is 0 Å². The zero-order valence-electron chi connectivity index (χ0n) is 13.8. The van der Waals surface area contributed by atoms with Gasteiger partial charge in [-0.25, -0.2) is 17.5 Å². The Kier molecular flexibility index (Phi) is 6.16. The summed E-state index contributed by atoms with van der Waals surface area (Å²) in [4.78, 5) is 13.2. The number of anilines is 1. The molecule has 0 saturated carbocycles. The van der Waals surface area contributed by atoms with E-state index >= 15 is 0 Å². The first kappa shape index (κ1) is 19.4. The average molecular weight is 385 g/mol. The van der Waals surface area contributed by atoms with Gasteiger partial charge in [-0.3, -0.25) is 4.79 Å². The van der Waals surface area contributed by atoms with E-state index in [1.165, 1.54) is 30.9 Å². The second-order valence-electron chi connectivity index (χ2n) is 5.43. The molecule has 0 bridgehead atoms. The highest BCUT2D eigenvalue weighted by molar-refractivity contribution is 7.89. The zero-order chi connectivity index (χ0) is 18.6. The number of para-hydroxylation sites is 1. The molecule has 0 fully saturated rings. The van der Waals surface area contributed by atoms with Crippen LogP contribution >= 0.6 is 11.6 Å². The lowest BCUT2D eigenvalue weighted by atomic mass is 10.2. The van der Waals surface area contributed by atoms with Crippen molar-refractivity contribution < 1.29 is 17.6 Å². The van der Waals surface area contributed by atoms with Gasteiger partial charge >= 0.3 is 0 Å². The van der Waals surface area contributed by atoms with E-state index in [0.29, 0.717) is 10.7 Å². The van der Waals surface area contributed by atoms with E-state index in [9.17, 15) is 17.6 Å². The predicted molar refractivity (Wildman–Crippen MR) is 95.8 cm³/mol. The summed E-state index contributed by atoms with van der Waals surface area (Å²) in [6.45, 7) is 2.96. The van der Waals surface area contributed by atoms with Crippen molar-refractivity contribution in [2.75, 3.05) is 18.0 Å². The number of halogens is 2. The lowest BCUT2D eigenvalue weighted by Crippen LogP contribution is -2.37. The second-order valence-corrected chi connectivity index (χ2v) is 7.60. The Labute approximate surface area is 151 Å². The van der Waals surface area contributed by atoms with E-state index in [1.807, 2.05) is 0 Å². The standard InChI is InChI=1S/C17H18ClFN2O3S/c1-12-11-14(7-8-16(12)19)25(23,24)20-9-10-21(13(2)22)17-6-4-3-5-15(17)18/h3-8,11,20H,9-10H2,1-2H3. The number of hydrogen-bond acceptors (Lipinski definition) is 3. The molecule has 0 radical (unpaired) electrons. The van der Waals surface area contributed by atoms with E-state index in [4.69, 9.17) is 11.6 Å². The van der Waals surface area contributed by atoms with Crippen LogP contribution in [-0.2, 0) is 14.8 Å². The quantitative estimate of drug-likeness (QED) is 0.832. The van der Waals surface area contributed by atoms with Crippen LogP contribution in [0.1, 0.15) is 12.5 Å². The maximum Gasteiger partial charge on any atom is 0.240 e. The van der Waals surface area contributed by atoms with Crippen molar-refractivity contribution in [2.24, 2.45) is 0 Å². The number of amides is 1. The second kappa shape index (κ2) is 7.95. The molecule has 0 spiro atoms. The number of benzene rings is 2. The summed E-state index contributed by atoms with van der Waals surface area (Å²) in [5.41, 5.74) is 0.748. The molecule has 1 amide bonds. The van der Waals surface area contributed by atoms with Crippen molar-refractivity contribution in [3.8, 4) is 0 Å². The van der Waals surface area contributed by atoms with Gasteiger partial charge in [0.05, 0.1) is 15.6 Å². The molecule has 0 aliphatic heterocycles. The molecule has 2 rings (SSSR count). The number of carbonyl (C=O) groups is 1. The Hall–Kier alpha value is -1.96. The molecule has 0 heterocycles. The summed E-state index contributed by atoms with van der Waals surface area (Å²) in [5.74, 6) is -0.731. The van der Waals surface area contributed by atoms with Gasteiger partial charge in [-0.05, 0) is 42.8 Å². The maximum absolute atomic E-state index is 13.3. The lowest BCUT2D eigenvalue weighted by molar-refractivity contribution is -0.116. The first-order chi connectivity index (χ1) is 11.7. The van der Waals surface area contributed by atoms with E-state index < -0.39 is 15.8 Å². The number of nitrogens with one attached hydrogen (secondary N) is 1. The molecular formula is C17H18ClFN2O3S. The van der Waals surface area contributed by atoms with Gasteiger partial charge in [0.25, 0.3) is 0 Å². The van der Waals surface area contributed by atoms with Crippen LogP contribution in [0.15, 0.2) is 47.4 Å². The third-order valence-electron chi connectivity index (χ3n) is 3.59.